The fourth-order valence-corrected chi connectivity index (χ4v) is 1.60. The van der Waals surface area contributed by atoms with Crippen LogP contribution in [0.2, 0.25) is 0 Å². The predicted molar refractivity (Wildman–Crippen MR) is 64.2 cm³/mol. The largest absolute Gasteiger partial charge is 0.506 e. The fraction of sp³-hybridized carbons (Fsp3) is 0.167. The Labute approximate surface area is 107 Å². The van der Waals surface area contributed by atoms with Gasteiger partial charge in [0.1, 0.15) is 22.9 Å². The lowest BCUT2D eigenvalue weighted by atomic mass is 10.3. The van der Waals surface area contributed by atoms with Crippen molar-refractivity contribution in [3.63, 3.8) is 0 Å². The Morgan fingerprint density at radius 2 is 2.11 bits per heavy atom. The third-order valence-corrected chi connectivity index (χ3v) is 2.47. The average Bonchev–Trinajstić information content (AvgIpc) is 2.34. The Morgan fingerprint density at radius 1 is 1.37 bits per heavy atom. The Balaban J connectivity index is 2.61. The standard InChI is InChI=1S/C12H11F2N3O2/c1-15-6-9-11(18)5-12(19)17(16-9)10-3-2-7(13)4-8(10)14/h2-5,15,18H,6H2,1H3. The molecular formula is C12H11F2N3O2. The Bertz CT molecular complexity index is 671. The smallest absolute Gasteiger partial charge is 0.275 e. The molecule has 1 heterocycles. The summed E-state index contributed by atoms with van der Waals surface area (Å²) in [6, 6.07) is 3.73. The van der Waals surface area contributed by atoms with Crippen LogP contribution >= 0.6 is 0 Å². The van der Waals surface area contributed by atoms with Gasteiger partial charge in [-0.2, -0.15) is 9.78 Å². The van der Waals surface area contributed by atoms with E-state index < -0.39 is 17.2 Å². The van der Waals surface area contributed by atoms with Crippen LogP contribution in [-0.4, -0.2) is 21.9 Å². The molecule has 1 aromatic carbocycles. The molecule has 0 unspecified atom stereocenters. The van der Waals surface area contributed by atoms with Crippen LogP contribution in [0.3, 0.4) is 0 Å². The summed E-state index contributed by atoms with van der Waals surface area (Å²) in [5.41, 5.74) is -0.697. The van der Waals surface area contributed by atoms with E-state index in [9.17, 15) is 18.7 Å². The molecule has 2 rings (SSSR count). The molecule has 0 radical (unpaired) electrons. The third-order valence-electron chi connectivity index (χ3n) is 2.47. The minimum absolute atomic E-state index is 0.177. The topological polar surface area (TPSA) is 67.2 Å². The highest BCUT2D eigenvalue weighted by Gasteiger charge is 2.12. The van der Waals surface area contributed by atoms with Gasteiger partial charge < -0.3 is 10.4 Å². The summed E-state index contributed by atoms with van der Waals surface area (Å²) in [6.07, 6.45) is 0. The van der Waals surface area contributed by atoms with E-state index in [0.29, 0.717) is 6.07 Å². The molecule has 19 heavy (non-hydrogen) atoms. The summed E-state index contributed by atoms with van der Waals surface area (Å²) < 4.78 is 27.2. The molecule has 0 saturated heterocycles. The van der Waals surface area contributed by atoms with E-state index in [-0.39, 0.29) is 23.7 Å². The zero-order chi connectivity index (χ0) is 14.0. The van der Waals surface area contributed by atoms with Crippen molar-refractivity contribution in [1.29, 1.82) is 0 Å². The number of aromatic nitrogens is 2. The fourth-order valence-electron chi connectivity index (χ4n) is 1.60. The lowest BCUT2D eigenvalue weighted by Crippen LogP contribution is -2.24. The SMILES string of the molecule is CNCc1nn(-c2ccc(F)cc2F)c(=O)cc1O. The molecule has 0 spiro atoms. The number of nitrogens with zero attached hydrogens (tertiary/aromatic N) is 2. The predicted octanol–water partition coefficient (Wildman–Crippen LogP) is 0.936. The molecule has 2 N–H and O–H groups in total. The number of halogens is 2. The van der Waals surface area contributed by atoms with E-state index in [2.05, 4.69) is 10.4 Å². The molecule has 0 fully saturated rings. The van der Waals surface area contributed by atoms with Gasteiger partial charge in [-0.1, -0.05) is 0 Å². The van der Waals surface area contributed by atoms with Crippen LogP contribution in [0.1, 0.15) is 5.69 Å². The van der Waals surface area contributed by atoms with Crippen LogP contribution in [0.5, 0.6) is 5.75 Å². The van der Waals surface area contributed by atoms with E-state index in [4.69, 9.17) is 0 Å². The van der Waals surface area contributed by atoms with Crippen LogP contribution in [-0.2, 0) is 6.54 Å². The van der Waals surface area contributed by atoms with Crippen molar-refractivity contribution in [3.8, 4) is 11.4 Å². The first-order valence-corrected chi connectivity index (χ1v) is 5.45. The number of benzene rings is 1. The maximum atomic E-state index is 13.6. The van der Waals surface area contributed by atoms with Crippen molar-refractivity contribution < 1.29 is 13.9 Å². The van der Waals surface area contributed by atoms with Crippen LogP contribution in [0.15, 0.2) is 29.1 Å². The average molecular weight is 267 g/mol. The normalized spacial score (nSPS) is 10.7. The highest BCUT2D eigenvalue weighted by molar-refractivity contribution is 5.34. The molecular weight excluding hydrogens is 256 g/mol. The summed E-state index contributed by atoms with van der Waals surface area (Å²) in [4.78, 5) is 11.7. The first-order valence-electron chi connectivity index (χ1n) is 5.45. The molecule has 100 valence electrons. The molecule has 0 aliphatic heterocycles. The van der Waals surface area contributed by atoms with Crippen molar-refractivity contribution in [2.24, 2.45) is 0 Å². The van der Waals surface area contributed by atoms with Gasteiger partial charge in [0.05, 0.1) is 0 Å². The Morgan fingerprint density at radius 3 is 2.74 bits per heavy atom. The highest BCUT2D eigenvalue weighted by Crippen LogP contribution is 2.15. The number of hydrogen-bond donors (Lipinski definition) is 2. The van der Waals surface area contributed by atoms with Gasteiger partial charge in [0, 0.05) is 18.7 Å². The van der Waals surface area contributed by atoms with Gasteiger partial charge in [0.2, 0.25) is 0 Å². The second-order valence-corrected chi connectivity index (χ2v) is 3.85. The van der Waals surface area contributed by atoms with Crippen LogP contribution in [0, 0.1) is 11.6 Å². The second-order valence-electron chi connectivity index (χ2n) is 3.85. The quantitative estimate of drug-likeness (QED) is 0.868. The lowest BCUT2D eigenvalue weighted by molar-refractivity contribution is 0.452. The van der Waals surface area contributed by atoms with Gasteiger partial charge in [-0.25, -0.2) is 8.78 Å². The van der Waals surface area contributed by atoms with Gasteiger partial charge in [-0.05, 0) is 19.2 Å². The molecule has 5 nitrogen and oxygen atoms in total. The highest BCUT2D eigenvalue weighted by atomic mass is 19.1. The number of rotatable bonds is 3. The minimum atomic E-state index is -0.907. The van der Waals surface area contributed by atoms with Crippen molar-refractivity contribution in [1.82, 2.24) is 15.1 Å². The molecule has 1 aromatic heterocycles. The van der Waals surface area contributed by atoms with Gasteiger partial charge >= 0.3 is 0 Å². The monoisotopic (exact) mass is 267 g/mol. The van der Waals surface area contributed by atoms with Crippen molar-refractivity contribution in [3.05, 3.63) is 51.9 Å². The van der Waals surface area contributed by atoms with Gasteiger partial charge in [0.25, 0.3) is 5.56 Å². The first-order chi connectivity index (χ1) is 9.02. The van der Waals surface area contributed by atoms with Crippen LogP contribution < -0.4 is 10.9 Å². The van der Waals surface area contributed by atoms with E-state index >= 15 is 0 Å². The number of aromatic hydroxyl groups is 1. The summed E-state index contributed by atoms with van der Waals surface area (Å²) in [5.74, 6) is -1.93. The Kier molecular flexibility index (Phi) is 3.57. The maximum Gasteiger partial charge on any atom is 0.275 e. The van der Waals surface area contributed by atoms with Crippen molar-refractivity contribution >= 4 is 0 Å². The zero-order valence-electron chi connectivity index (χ0n) is 10.0. The molecule has 0 amide bonds. The first kappa shape index (κ1) is 13.2. The molecule has 0 atom stereocenters. The van der Waals surface area contributed by atoms with Crippen LogP contribution in [0.25, 0.3) is 5.69 Å². The van der Waals surface area contributed by atoms with E-state index in [1.165, 1.54) is 0 Å². The summed E-state index contributed by atoms with van der Waals surface area (Å²) in [5, 5.41) is 16.1. The molecule has 0 bridgehead atoms. The lowest BCUT2D eigenvalue weighted by Gasteiger charge is -2.09. The van der Waals surface area contributed by atoms with Gasteiger partial charge in [-0.3, -0.25) is 4.79 Å². The van der Waals surface area contributed by atoms with Gasteiger partial charge in [0.15, 0.2) is 5.82 Å². The van der Waals surface area contributed by atoms with E-state index in [1.54, 1.807) is 7.05 Å². The van der Waals surface area contributed by atoms with Gasteiger partial charge in [-0.15, -0.1) is 0 Å². The van der Waals surface area contributed by atoms with Crippen molar-refractivity contribution in [2.75, 3.05) is 7.05 Å². The molecule has 7 heteroatoms. The maximum absolute atomic E-state index is 13.6. The number of hydrogen-bond acceptors (Lipinski definition) is 4. The minimum Gasteiger partial charge on any atom is -0.506 e. The number of nitrogens with one attached hydrogen (secondary N) is 1. The van der Waals surface area contributed by atoms with Crippen LogP contribution in [0.4, 0.5) is 8.78 Å². The molecule has 0 saturated carbocycles. The third kappa shape index (κ3) is 2.60. The second kappa shape index (κ2) is 5.15. The zero-order valence-corrected chi connectivity index (χ0v) is 10.0. The van der Waals surface area contributed by atoms with Crippen molar-refractivity contribution in [2.45, 2.75) is 6.54 Å². The molecule has 0 aliphatic carbocycles. The van der Waals surface area contributed by atoms with E-state index in [1.807, 2.05) is 0 Å². The summed E-state index contributed by atoms with van der Waals surface area (Å²) in [6.45, 7) is 0.203. The summed E-state index contributed by atoms with van der Waals surface area (Å²) >= 11 is 0. The summed E-state index contributed by atoms with van der Waals surface area (Å²) in [7, 11) is 1.63. The van der Waals surface area contributed by atoms with E-state index in [0.717, 1.165) is 22.9 Å². The Hall–Kier alpha value is -2.28. The molecule has 0 aliphatic rings. The molecule has 2 aromatic rings.